The van der Waals surface area contributed by atoms with E-state index in [0.29, 0.717) is 6.04 Å². The summed E-state index contributed by atoms with van der Waals surface area (Å²) in [7, 11) is 3.82. The third-order valence-corrected chi connectivity index (χ3v) is 6.35. The zero-order valence-corrected chi connectivity index (χ0v) is 26.2. The number of rotatable bonds is 5. The quantitative estimate of drug-likeness (QED) is 0.172. The highest BCUT2D eigenvalue weighted by Gasteiger charge is 2.17. The van der Waals surface area contributed by atoms with Crippen LogP contribution in [0, 0.1) is 32.6 Å². The first-order valence-electron chi connectivity index (χ1n) is 14.3. The van der Waals surface area contributed by atoms with Gasteiger partial charge in [0.15, 0.2) is 5.43 Å². The molecular weight excluding hydrogens is 562 g/mol. The summed E-state index contributed by atoms with van der Waals surface area (Å²) < 4.78 is 3.72. The number of H-pyrrole nitrogens is 1. The molecule has 2 aromatic carbocycles. The molecule has 0 unspecified atom stereocenters. The maximum atomic E-state index is 10.2. The van der Waals surface area contributed by atoms with E-state index in [1.54, 1.807) is 17.1 Å². The van der Waals surface area contributed by atoms with Gasteiger partial charge in [0.05, 0.1) is 11.9 Å². The number of anilines is 1. The van der Waals surface area contributed by atoms with Gasteiger partial charge in [-0.3, -0.25) is 14.3 Å². The number of aromatic nitrogens is 5. The minimum Gasteiger partial charge on any atom is -0.373 e. The third kappa shape index (κ3) is 13.4. The molecule has 0 saturated heterocycles. The van der Waals surface area contributed by atoms with Gasteiger partial charge in [0.1, 0.15) is 11.5 Å². The number of amides is 1. The fraction of sp³-hybridized carbons (Fsp3) is 0.222. The molecular formula is C36H43N7O2. The van der Waals surface area contributed by atoms with Crippen molar-refractivity contribution in [2.45, 2.75) is 38.6 Å². The highest BCUT2D eigenvalue weighted by molar-refractivity contribution is 5.69. The molecule has 1 aliphatic rings. The molecule has 5 aromatic rings. The van der Waals surface area contributed by atoms with Crippen molar-refractivity contribution in [2.75, 3.05) is 12.4 Å². The molecule has 6 rings (SSSR count). The van der Waals surface area contributed by atoms with E-state index in [-0.39, 0.29) is 5.43 Å². The summed E-state index contributed by atoms with van der Waals surface area (Å²) in [5.41, 5.74) is 4.17. The Balaban J connectivity index is 0.000000333. The van der Waals surface area contributed by atoms with Gasteiger partial charge in [-0.25, -0.2) is 4.68 Å². The Kier molecular flexibility index (Phi) is 18.8. The van der Waals surface area contributed by atoms with Gasteiger partial charge >= 0.3 is 0 Å². The molecule has 45 heavy (non-hydrogen) atoms. The number of aromatic amines is 1. The number of carbonyl (C=O) groups is 1. The lowest BCUT2D eigenvalue weighted by molar-refractivity contribution is -0.110. The highest BCUT2D eigenvalue weighted by Crippen LogP contribution is 2.29. The van der Waals surface area contributed by atoms with Gasteiger partial charge in [-0.2, -0.15) is 10.2 Å². The molecule has 3 aromatic heterocycles. The number of terminal acetylenes is 2. The van der Waals surface area contributed by atoms with Crippen molar-refractivity contribution in [3.05, 3.63) is 119 Å². The van der Waals surface area contributed by atoms with Crippen molar-refractivity contribution in [3.63, 3.8) is 0 Å². The van der Waals surface area contributed by atoms with E-state index in [9.17, 15) is 9.59 Å². The van der Waals surface area contributed by atoms with Gasteiger partial charge in [0.2, 0.25) is 6.41 Å². The van der Waals surface area contributed by atoms with Crippen LogP contribution in [0.25, 0.3) is 16.9 Å². The van der Waals surface area contributed by atoms with E-state index in [4.69, 9.17) is 5.10 Å². The Morgan fingerprint density at radius 2 is 1.42 bits per heavy atom. The summed E-state index contributed by atoms with van der Waals surface area (Å²) in [4.78, 5) is 22.8. The molecule has 0 aliphatic heterocycles. The number of hydrogen-bond donors (Lipinski definition) is 3. The second-order valence-electron chi connectivity index (χ2n) is 9.38. The Morgan fingerprint density at radius 3 is 1.84 bits per heavy atom. The van der Waals surface area contributed by atoms with Gasteiger partial charge in [0, 0.05) is 62.0 Å². The van der Waals surface area contributed by atoms with Crippen molar-refractivity contribution in [1.29, 1.82) is 0 Å². The van der Waals surface area contributed by atoms with Crippen LogP contribution in [0.4, 0.5) is 5.82 Å². The summed E-state index contributed by atoms with van der Waals surface area (Å²) in [6, 6.07) is 25.5. The lowest BCUT2D eigenvalue weighted by Gasteiger charge is -2.06. The maximum Gasteiger partial charge on any atom is 0.207 e. The van der Waals surface area contributed by atoms with E-state index in [2.05, 4.69) is 53.3 Å². The van der Waals surface area contributed by atoms with E-state index in [1.807, 2.05) is 97.9 Å². The summed E-state index contributed by atoms with van der Waals surface area (Å²) in [5, 5.41) is 15.0. The molecule has 1 saturated carbocycles. The number of hydrogen-bond acceptors (Lipinski definition) is 5. The molecule has 1 fully saturated rings. The third-order valence-electron chi connectivity index (χ3n) is 6.35. The largest absolute Gasteiger partial charge is 0.373 e. The van der Waals surface area contributed by atoms with Crippen LogP contribution in [0.5, 0.6) is 0 Å². The fourth-order valence-electron chi connectivity index (χ4n) is 4.31. The zero-order valence-electron chi connectivity index (χ0n) is 26.2. The maximum absolute atomic E-state index is 10.2. The van der Waals surface area contributed by atoms with Crippen LogP contribution < -0.4 is 16.1 Å². The Bertz CT molecular complexity index is 1510. The van der Waals surface area contributed by atoms with Crippen LogP contribution in [-0.4, -0.2) is 44.0 Å². The van der Waals surface area contributed by atoms with Crippen LogP contribution in [0.2, 0.25) is 0 Å². The number of pyridine rings is 1. The molecule has 3 N–H and O–H groups in total. The smallest absolute Gasteiger partial charge is 0.207 e. The van der Waals surface area contributed by atoms with Crippen molar-refractivity contribution < 1.29 is 4.79 Å². The first-order chi connectivity index (χ1) is 22.0. The molecule has 0 atom stereocenters. The van der Waals surface area contributed by atoms with Crippen LogP contribution in [0.3, 0.4) is 0 Å². The monoisotopic (exact) mass is 605 g/mol. The number of benzene rings is 2. The molecule has 0 spiro atoms. The average molecular weight is 606 g/mol. The SMILES string of the molecule is C#C.C#C.CNc1c(C)c(-c2cnn(C)c2)nn1-c1ccccc1.O=CNC1CCCC1.O=c1cc[nH]cc1.c1ccccc1. The molecule has 1 aliphatic carbocycles. The molecule has 9 heteroatoms. The summed E-state index contributed by atoms with van der Waals surface area (Å²) >= 11 is 0. The van der Waals surface area contributed by atoms with Crippen LogP contribution in [0.15, 0.2) is 108 Å². The first-order valence-corrected chi connectivity index (χ1v) is 14.3. The molecule has 0 bridgehead atoms. The van der Waals surface area contributed by atoms with Crippen LogP contribution >= 0.6 is 0 Å². The Labute approximate surface area is 266 Å². The van der Waals surface area contributed by atoms with Crippen molar-refractivity contribution in [1.82, 2.24) is 29.9 Å². The van der Waals surface area contributed by atoms with Gasteiger partial charge in [-0.15, -0.1) is 25.7 Å². The number of nitrogens with one attached hydrogen (secondary N) is 3. The van der Waals surface area contributed by atoms with Crippen molar-refractivity contribution in [2.24, 2.45) is 7.05 Å². The summed E-state index contributed by atoms with van der Waals surface area (Å²) in [6.45, 7) is 2.07. The molecule has 0 radical (unpaired) electrons. The Morgan fingerprint density at radius 1 is 0.889 bits per heavy atom. The second kappa shape index (κ2) is 22.8. The topological polar surface area (TPSA) is 110 Å². The van der Waals surface area contributed by atoms with Gasteiger partial charge in [-0.1, -0.05) is 67.4 Å². The Hall–Kier alpha value is -5.80. The fourth-order valence-corrected chi connectivity index (χ4v) is 4.31. The van der Waals surface area contributed by atoms with Gasteiger partial charge < -0.3 is 15.6 Å². The molecule has 1 amide bonds. The molecule has 3 heterocycles. The highest BCUT2D eigenvalue weighted by atomic mass is 16.1. The van der Waals surface area contributed by atoms with Crippen molar-refractivity contribution in [3.8, 4) is 42.6 Å². The lowest BCUT2D eigenvalue weighted by Crippen LogP contribution is -2.23. The second-order valence-corrected chi connectivity index (χ2v) is 9.38. The predicted molar refractivity (Wildman–Crippen MR) is 185 cm³/mol. The van der Waals surface area contributed by atoms with Crippen molar-refractivity contribution >= 4 is 12.2 Å². The number of carbonyl (C=O) groups excluding carboxylic acids is 1. The summed E-state index contributed by atoms with van der Waals surface area (Å²) in [5.74, 6) is 0.995. The normalized spacial score (nSPS) is 11.0. The zero-order chi connectivity index (χ0) is 33.3. The van der Waals surface area contributed by atoms with Gasteiger partial charge in [0.25, 0.3) is 0 Å². The van der Waals surface area contributed by atoms with E-state index in [0.717, 1.165) is 34.7 Å². The van der Waals surface area contributed by atoms with E-state index in [1.165, 1.54) is 37.8 Å². The molecule has 9 nitrogen and oxygen atoms in total. The van der Waals surface area contributed by atoms with Gasteiger partial charge in [-0.05, 0) is 31.9 Å². The van der Waals surface area contributed by atoms with Crippen LogP contribution in [0.1, 0.15) is 31.2 Å². The van der Waals surface area contributed by atoms with E-state index < -0.39 is 0 Å². The number of nitrogens with zero attached hydrogens (tertiary/aromatic N) is 4. The number of para-hydroxylation sites is 1. The first kappa shape index (κ1) is 37.2. The average Bonchev–Trinajstić information content (AvgIpc) is 3.86. The standard InChI is InChI=1S/C15H17N5.C6H11NO.C6H6.C5H5NO.2C2H2/c1-11-14(12-9-17-19(3)10-12)18-20(15(11)16-2)13-7-5-4-6-8-13;8-5-7-6-3-1-2-4-6;1-2-4-6-5-3-1;7-5-1-3-6-4-2-5;2*1-2/h4-10,16H,1-3H3;5-6H,1-4H2,(H,7,8);1-6H;1-4H,(H,6,7);2*1-2H. The minimum absolute atomic E-state index is 0.0405. The summed E-state index contributed by atoms with van der Waals surface area (Å²) in [6.07, 6.45) is 28.7. The van der Waals surface area contributed by atoms with Crippen LogP contribution in [-0.2, 0) is 11.8 Å². The van der Waals surface area contributed by atoms with E-state index >= 15 is 0 Å². The predicted octanol–water partition coefficient (Wildman–Crippen LogP) is 5.86. The number of aryl methyl sites for hydroxylation is 1. The molecule has 234 valence electrons. The lowest BCUT2D eigenvalue weighted by atomic mass is 10.1. The minimum atomic E-state index is 0.0405.